The van der Waals surface area contributed by atoms with Gasteiger partial charge in [0, 0.05) is 25.2 Å². The van der Waals surface area contributed by atoms with Crippen LogP contribution in [-0.2, 0) is 4.74 Å². The summed E-state index contributed by atoms with van der Waals surface area (Å²) in [5, 5.41) is 0. The Hall–Kier alpha value is -2.88. The molecular weight excluding hydrogens is 314 g/mol. The minimum absolute atomic E-state index is 0.0978. The SMILES string of the molecule is CCOC(=Cc1cccc(C)c1)C(=O)c1ccc(C(=O)N(C)C)cc1. The van der Waals surface area contributed by atoms with E-state index >= 15 is 0 Å². The van der Waals surface area contributed by atoms with Gasteiger partial charge in [-0.3, -0.25) is 9.59 Å². The first-order valence-corrected chi connectivity index (χ1v) is 8.20. The number of nitrogens with zero attached hydrogens (tertiary/aromatic N) is 1. The zero-order valence-electron chi connectivity index (χ0n) is 15.1. The van der Waals surface area contributed by atoms with E-state index in [2.05, 4.69) is 0 Å². The first-order valence-electron chi connectivity index (χ1n) is 8.20. The summed E-state index contributed by atoms with van der Waals surface area (Å²) in [5.74, 6) is -0.00803. The third kappa shape index (κ3) is 4.80. The number of hydrogen-bond donors (Lipinski definition) is 0. The van der Waals surface area contributed by atoms with E-state index < -0.39 is 0 Å². The molecule has 0 saturated carbocycles. The molecule has 0 aromatic heterocycles. The Labute approximate surface area is 148 Å². The normalized spacial score (nSPS) is 11.1. The largest absolute Gasteiger partial charge is 0.490 e. The lowest BCUT2D eigenvalue weighted by Gasteiger charge is -2.11. The van der Waals surface area contributed by atoms with Crippen LogP contribution in [0.1, 0.15) is 38.8 Å². The summed E-state index contributed by atoms with van der Waals surface area (Å²) in [7, 11) is 3.39. The van der Waals surface area contributed by atoms with Gasteiger partial charge in [-0.1, -0.05) is 42.0 Å². The quantitative estimate of drug-likeness (QED) is 0.455. The lowest BCUT2D eigenvalue weighted by molar-refractivity contribution is 0.0826. The number of allylic oxidation sites excluding steroid dienone is 1. The lowest BCUT2D eigenvalue weighted by Crippen LogP contribution is -2.21. The molecule has 2 rings (SSSR count). The molecule has 130 valence electrons. The Kier molecular flexibility index (Phi) is 6.12. The van der Waals surface area contributed by atoms with Crippen LogP contribution in [0.5, 0.6) is 0 Å². The molecular formula is C21H23NO3. The Morgan fingerprint density at radius 3 is 2.24 bits per heavy atom. The van der Waals surface area contributed by atoms with Crippen LogP contribution >= 0.6 is 0 Å². The highest BCUT2D eigenvalue weighted by Gasteiger charge is 2.15. The first-order chi connectivity index (χ1) is 11.9. The van der Waals surface area contributed by atoms with E-state index in [1.165, 1.54) is 4.90 Å². The smallest absolute Gasteiger partial charge is 0.253 e. The average molecular weight is 337 g/mol. The molecule has 0 N–H and O–H groups in total. The molecule has 2 aromatic carbocycles. The van der Waals surface area contributed by atoms with Crippen molar-refractivity contribution in [1.82, 2.24) is 4.90 Å². The molecule has 25 heavy (non-hydrogen) atoms. The van der Waals surface area contributed by atoms with Crippen molar-refractivity contribution in [2.45, 2.75) is 13.8 Å². The van der Waals surface area contributed by atoms with E-state index in [0.717, 1.165) is 11.1 Å². The summed E-state index contributed by atoms with van der Waals surface area (Å²) in [5.41, 5.74) is 3.06. The minimum atomic E-state index is -0.202. The lowest BCUT2D eigenvalue weighted by atomic mass is 10.0. The van der Waals surface area contributed by atoms with Crippen molar-refractivity contribution in [2.24, 2.45) is 0 Å². The van der Waals surface area contributed by atoms with Crippen molar-refractivity contribution >= 4 is 17.8 Å². The minimum Gasteiger partial charge on any atom is -0.490 e. The van der Waals surface area contributed by atoms with Crippen molar-refractivity contribution in [3.05, 3.63) is 76.5 Å². The van der Waals surface area contributed by atoms with E-state index in [1.807, 2.05) is 38.1 Å². The summed E-state index contributed by atoms with van der Waals surface area (Å²) >= 11 is 0. The van der Waals surface area contributed by atoms with Crippen LogP contribution in [0.25, 0.3) is 6.08 Å². The second-order valence-electron chi connectivity index (χ2n) is 5.96. The predicted octanol–water partition coefficient (Wildman–Crippen LogP) is 3.96. The summed E-state index contributed by atoms with van der Waals surface area (Å²) in [4.78, 5) is 26.2. The fraction of sp³-hybridized carbons (Fsp3) is 0.238. The molecule has 2 aromatic rings. The molecule has 0 aliphatic rings. The van der Waals surface area contributed by atoms with Crippen LogP contribution in [0.4, 0.5) is 0 Å². The fourth-order valence-electron chi connectivity index (χ4n) is 2.40. The van der Waals surface area contributed by atoms with Crippen molar-refractivity contribution in [3.63, 3.8) is 0 Å². The van der Waals surface area contributed by atoms with E-state index in [1.54, 1.807) is 44.4 Å². The number of Topliss-reactive ketones (excluding diaryl/α,β-unsaturated/α-hetero) is 1. The predicted molar refractivity (Wildman–Crippen MR) is 99.6 cm³/mol. The van der Waals surface area contributed by atoms with Gasteiger partial charge >= 0.3 is 0 Å². The molecule has 0 atom stereocenters. The molecule has 0 fully saturated rings. The second kappa shape index (κ2) is 8.29. The summed E-state index contributed by atoms with van der Waals surface area (Å²) in [6.07, 6.45) is 1.75. The maximum atomic E-state index is 12.8. The van der Waals surface area contributed by atoms with Gasteiger partial charge < -0.3 is 9.64 Å². The van der Waals surface area contributed by atoms with Crippen LogP contribution in [0, 0.1) is 6.92 Å². The monoisotopic (exact) mass is 337 g/mol. The topological polar surface area (TPSA) is 46.6 Å². The van der Waals surface area contributed by atoms with Gasteiger partial charge in [0.15, 0.2) is 5.76 Å². The molecule has 0 heterocycles. The van der Waals surface area contributed by atoms with Crippen LogP contribution in [0.15, 0.2) is 54.3 Å². The summed E-state index contributed by atoms with van der Waals surface area (Å²) < 4.78 is 5.55. The highest BCUT2D eigenvalue weighted by atomic mass is 16.5. The Balaban J connectivity index is 2.30. The summed E-state index contributed by atoms with van der Waals surface area (Å²) in [6.45, 7) is 4.25. The molecule has 4 heteroatoms. The standard InChI is InChI=1S/C21H23NO3/c1-5-25-19(14-16-8-6-7-15(2)13-16)20(23)17-9-11-18(12-10-17)21(24)22(3)4/h6-14H,5H2,1-4H3. The number of benzene rings is 2. The number of ether oxygens (including phenoxy) is 1. The van der Waals surface area contributed by atoms with E-state index in [-0.39, 0.29) is 11.7 Å². The second-order valence-corrected chi connectivity index (χ2v) is 5.96. The van der Waals surface area contributed by atoms with Gasteiger partial charge in [-0.2, -0.15) is 0 Å². The third-order valence-corrected chi connectivity index (χ3v) is 3.66. The molecule has 4 nitrogen and oxygen atoms in total. The number of aryl methyl sites for hydroxylation is 1. The number of hydrogen-bond acceptors (Lipinski definition) is 3. The first kappa shape index (κ1) is 18.5. The molecule has 0 spiro atoms. The van der Waals surface area contributed by atoms with E-state index in [4.69, 9.17) is 4.74 Å². The average Bonchev–Trinajstić information content (AvgIpc) is 2.60. The van der Waals surface area contributed by atoms with Crippen LogP contribution in [0.2, 0.25) is 0 Å². The number of carbonyl (C=O) groups is 2. The number of rotatable bonds is 6. The number of amides is 1. The molecule has 0 aliphatic heterocycles. The van der Waals surface area contributed by atoms with E-state index in [9.17, 15) is 9.59 Å². The van der Waals surface area contributed by atoms with Gasteiger partial charge in [0.1, 0.15) is 0 Å². The molecule has 0 aliphatic carbocycles. The number of carbonyl (C=O) groups excluding carboxylic acids is 2. The van der Waals surface area contributed by atoms with Crippen molar-refractivity contribution in [2.75, 3.05) is 20.7 Å². The van der Waals surface area contributed by atoms with Gasteiger partial charge in [0.05, 0.1) is 6.61 Å². The van der Waals surface area contributed by atoms with Gasteiger partial charge in [0.25, 0.3) is 5.91 Å². The Bertz CT molecular complexity index is 789. The maximum Gasteiger partial charge on any atom is 0.253 e. The van der Waals surface area contributed by atoms with Crippen LogP contribution in [0.3, 0.4) is 0 Å². The zero-order valence-corrected chi connectivity index (χ0v) is 15.1. The highest BCUT2D eigenvalue weighted by molar-refractivity contribution is 6.10. The molecule has 0 saturated heterocycles. The third-order valence-electron chi connectivity index (χ3n) is 3.66. The molecule has 0 radical (unpaired) electrons. The van der Waals surface area contributed by atoms with Gasteiger partial charge in [0.2, 0.25) is 5.78 Å². The zero-order chi connectivity index (χ0) is 18.4. The van der Waals surface area contributed by atoms with Crippen LogP contribution in [-0.4, -0.2) is 37.3 Å². The highest BCUT2D eigenvalue weighted by Crippen LogP contribution is 2.16. The maximum absolute atomic E-state index is 12.8. The van der Waals surface area contributed by atoms with Crippen LogP contribution < -0.4 is 0 Å². The van der Waals surface area contributed by atoms with Gasteiger partial charge in [-0.15, -0.1) is 0 Å². The van der Waals surface area contributed by atoms with E-state index in [0.29, 0.717) is 23.5 Å². The van der Waals surface area contributed by atoms with Crippen molar-refractivity contribution < 1.29 is 14.3 Å². The van der Waals surface area contributed by atoms with Gasteiger partial charge in [-0.05, 0) is 37.6 Å². The molecule has 0 unspecified atom stereocenters. The number of ketones is 1. The Morgan fingerprint density at radius 1 is 1.04 bits per heavy atom. The fourth-order valence-corrected chi connectivity index (χ4v) is 2.40. The van der Waals surface area contributed by atoms with Crippen molar-refractivity contribution in [3.8, 4) is 0 Å². The molecule has 1 amide bonds. The van der Waals surface area contributed by atoms with Gasteiger partial charge in [-0.25, -0.2) is 0 Å². The van der Waals surface area contributed by atoms with Crippen molar-refractivity contribution in [1.29, 1.82) is 0 Å². The Morgan fingerprint density at radius 2 is 1.68 bits per heavy atom. The molecule has 0 bridgehead atoms. The summed E-state index contributed by atoms with van der Waals surface area (Å²) in [6, 6.07) is 14.5.